The number of hydrogen-bond donors (Lipinski definition) is 2. The number of phenolic OH excluding ortho intramolecular Hbond substituents is 1. The maximum atomic E-state index is 9.27. The molecule has 0 aliphatic rings. The van der Waals surface area contributed by atoms with Crippen LogP contribution in [0.4, 0.5) is 0 Å². The van der Waals surface area contributed by atoms with Crippen molar-refractivity contribution in [3.8, 4) is 5.75 Å². The second-order valence-electron chi connectivity index (χ2n) is 4.13. The van der Waals surface area contributed by atoms with E-state index in [2.05, 4.69) is 16.5 Å². The lowest BCUT2D eigenvalue weighted by molar-refractivity contribution is 0.475. The molecule has 0 bridgehead atoms. The van der Waals surface area contributed by atoms with Crippen LogP contribution in [0.25, 0.3) is 16.6 Å². The van der Waals surface area contributed by atoms with Crippen LogP contribution >= 0.6 is 0 Å². The first-order valence-electron chi connectivity index (χ1n) is 5.67. The van der Waals surface area contributed by atoms with Crippen molar-refractivity contribution in [1.82, 2.24) is 9.97 Å². The van der Waals surface area contributed by atoms with Gasteiger partial charge in [0.15, 0.2) is 0 Å². The third kappa shape index (κ3) is 1.76. The molecule has 0 spiro atoms. The van der Waals surface area contributed by atoms with Crippen molar-refractivity contribution in [3.63, 3.8) is 0 Å². The Morgan fingerprint density at radius 3 is 2.50 bits per heavy atom. The van der Waals surface area contributed by atoms with Gasteiger partial charge in [-0.3, -0.25) is 0 Å². The van der Waals surface area contributed by atoms with E-state index in [1.165, 1.54) is 0 Å². The summed E-state index contributed by atoms with van der Waals surface area (Å²) in [5, 5.41) is 9.27. The second-order valence-corrected chi connectivity index (χ2v) is 4.13. The van der Waals surface area contributed by atoms with E-state index in [4.69, 9.17) is 0 Å². The van der Waals surface area contributed by atoms with E-state index < -0.39 is 0 Å². The summed E-state index contributed by atoms with van der Waals surface area (Å²) in [4.78, 5) is 7.73. The number of aromatic nitrogens is 2. The van der Waals surface area contributed by atoms with Gasteiger partial charge in [0.2, 0.25) is 0 Å². The standard InChI is InChI=1S/C15H12N2O/c1-10(11-6-8-12(18)9-7-11)15-16-13-4-2-3-5-14(13)17-15/h2-9,18H,1H2,(H,16,17). The summed E-state index contributed by atoms with van der Waals surface area (Å²) in [7, 11) is 0. The minimum atomic E-state index is 0.246. The summed E-state index contributed by atoms with van der Waals surface area (Å²) in [5.74, 6) is 0.998. The fourth-order valence-corrected chi connectivity index (χ4v) is 1.90. The first-order chi connectivity index (χ1) is 8.74. The van der Waals surface area contributed by atoms with E-state index in [1.807, 2.05) is 36.4 Å². The van der Waals surface area contributed by atoms with E-state index in [0.29, 0.717) is 0 Å². The number of rotatable bonds is 2. The van der Waals surface area contributed by atoms with Crippen molar-refractivity contribution < 1.29 is 5.11 Å². The van der Waals surface area contributed by atoms with Crippen LogP contribution in [0.3, 0.4) is 0 Å². The van der Waals surface area contributed by atoms with E-state index in [0.717, 1.165) is 28.0 Å². The predicted octanol–water partition coefficient (Wildman–Crippen LogP) is 3.33. The second kappa shape index (κ2) is 4.04. The van der Waals surface area contributed by atoms with Gasteiger partial charge in [0.1, 0.15) is 11.6 Å². The van der Waals surface area contributed by atoms with Gasteiger partial charge in [-0.15, -0.1) is 0 Å². The molecule has 88 valence electrons. The molecule has 1 aromatic heterocycles. The Bertz CT molecular complexity index is 678. The Morgan fingerprint density at radius 1 is 1.06 bits per heavy atom. The highest BCUT2D eigenvalue weighted by atomic mass is 16.3. The van der Waals surface area contributed by atoms with E-state index in [-0.39, 0.29) is 5.75 Å². The summed E-state index contributed by atoms with van der Waals surface area (Å²) >= 11 is 0. The molecule has 0 aliphatic carbocycles. The first kappa shape index (κ1) is 10.6. The Morgan fingerprint density at radius 2 is 1.78 bits per heavy atom. The molecule has 0 atom stereocenters. The van der Waals surface area contributed by atoms with Crippen molar-refractivity contribution in [2.75, 3.05) is 0 Å². The lowest BCUT2D eigenvalue weighted by Gasteiger charge is -2.02. The Kier molecular flexibility index (Phi) is 2.38. The van der Waals surface area contributed by atoms with Gasteiger partial charge in [-0.2, -0.15) is 0 Å². The number of imidazole rings is 1. The van der Waals surface area contributed by atoms with Crippen LogP contribution in [0, 0.1) is 0 Å². The Hall–Kier alpha value is -2.55. The highest BCUT2D eigenvalue weighted by Crippen LogP contribution is 2.23. The SMILES string of the molecule is C=C(c1ccc(O)cc1)c1nc2ccccc2[nH]1. The normalized spacial score (nSPS) is 10.7. The van der Waals surface area contributed by atoms with Gasteiger partial charge in [-0.25, -0.2) is 4.98 Å². The fraction of sp³-hybridized carbons (Fsp3) is 0. The quantitative estimate of drug-likeness (QED) is 0.717. The summed E-state index contributed by atoms with van der Waals surface area (Å²) in [6, 6.07) is 14.8. The zero-order valence-electron chi connectivity index (χ0n) is 9.72. The van der Waals surface area contributed by atoms with Gasteiger partial charge < -0.3 is 10.1 Å². The largest absolute Gasteiger partial charge is 0.508 e. The molecule has 3 aromatic rings. The third-order valence-electron chi connectivity index (χ3n) is 2.89. The van der Waals surface area contributed by atoms with Gasteiger partial charge >= 0.3 is 0 Å². The Balaban J connectivity index is 2.03. The summed E-state index contributed by atoms with van der Waals surface area (Å²) in [6.45, 7) is 4.04. The molecule has 0 radical (unpaired) electrons. The zero-order chi connectivity index (χ0) is 12.5. The monoisotopic (exact) mass is 236 g/mol. The molecule has 0 fully saturated rings. The molecule has 3 nitrogen and oxygen atoms in total. The minimum Gasteiger partial charge on any atom is -0.508 e. The number of aromatic amines is 1. The third-order valence-corrected chi connectivity index (χ3v) is 2.89. The fourth-order valence-electron chi connectivity index (χ4n) is 1.90. The molecule has 0 unspecified atom stereocenters. The van der Waals surface area contributed by atoms with Gasteiger partial charge in [-0.05, 0) is 29.8 Å². The van der Waals surface area contributed by atoms with Crippen LogP contribution < -0.4 is 0 Å². The number of hydrogen-bond acceptors (Lipinski definition) is 2. The number of nitrogens with zero attached hydrogens (tertiary/aromatic N) is 1. The van der Waals surface area contributed by atoms with Crippen LogP contribution in [0.15, 0.2) is 55.1 Å². The summed E-state index contributed by atoms with van der Waals surface area (Å²) < 4.78 is 0. The zero-order valence-corrected chi connectivity index (χ0v) is 9.72. The van der Waals surface area contributed by atoms with Gasteiger partial charge in [0, 0.05) is 5.57 Å². The highest BCUT2D eigenvalue weighted by molar-refractivity contribution is 5.82. The number of fused-ring (bicyclic) bond motifs is 1. The number of phenols is 1. The van der Waals surface area contributed by atoms with Crippen LogP contribution in [0.2, 0.25) is 0 Å². The number of benzene rings is 2. The molecular formula is C15H12N2O. The number of nitrogens with one attached hydrogen (secondary N) is 1. The molecule has 2 aromatic carbocycles. The van der Waals surface area contributed by atoms with Crippen molar-refractivity contribution in [2.24, 2.45) is 0 Å². The van der Waals surface area contributed by atoms with Crippen molar-refractivity contribution in [3.05, 3.63) is 66.5 Å². The van der Waals surface area contributed by atoms with Gasteiger partial charge in [0.05, 0.1) is 11.0 Å². The number of aromatic hydroxyl groups is 1. The maximum Gasteiger partial charge on any atom is 0.138 e. The molecule has 18 heavy (non-hydrogen) atoms. The molecule has 0 saturated carbocycles. The lowest BCUT2D eigenvalue weighted by Crippen LogP contribution is -1.88. The average molecular weight is 236 g/mol. The van der Waals surface area contributed by atoms with Gasteiger partial charge in [0.25, 0.3) is 0 Å². The Labute approximate surface area is 104 Å². The van der Waals surface area contributed by atoms with E-state index >= 15 is 0 Å². The molecule has 0 amide bonds. The first-order valence-corrected chi connectivity index (χ1v) is 5.67. The van der Waals surface area contributed by atoms with Crippen LogP contribution in [-0.4, -0.2) is 15.1 Å². The molecular weight excluding hydrogens is 224 g/mol. The smallest absolute Gasteiger partial charge is 0.138 e. The van der Waals surface area contributed by atoms with E-state index in [1.54, 1.807) is 12.1 Å². The average Bonchev–Trinajstić information content (AvgIpc) is 2.82. The van der Waals surface area contributed by atoms with Crippen LogP contribution in [0.5, 0.6) is 5.75 Å². The van der Waals surface area contributed by atoms with Crippen LogP contribution in [-0.2, 0) is 0 Å². The molecule has 0 aliphatic heterocycles. The topological polar surface area (TPSA) is 48.9 Å². The molecule has 3 heteroatoms. The van der Waals surface area contributed by atoms with Crippen molar-refractivity contribution in [2.45, 2.75) is 0 Å². The molecule has 3 rings (SSSR count). The number of H-pyrrole nitrogens is 1. The summed E-state index contributed by atoms with van der Waals surface area (Å²) in [6.07, 6.45) is 0. The predicted molar refractivity (Wildman–Crippen MR) is 72.3 cm³/mol. The molecule has 2 N–H and O–H groups in total. The van der Waals surface area contributed by atoms with Crippen LogP contribution in [0.1, 0.15) is 11.4 Å². The molecule has 0 saturated heterocycles. The summed E-state index contributed by atoms with van der Waals surface area (Å²) in [5.41, 5.74) is 3.66. The maximum absolute atomic E-state index is 9.27. The van der Waals surface area contributed by atoms with Gasteiger partial charge in [-0.1, -0.05) is 30.8 Å². The van der Waals surface area contributed by atoms with Crippen molar-refractivity contribution >= 4 is 16.6 Å². The van der Waals surface area contributed by atoms with E-state index in [9.17, 15) is 5.11 Å². The molecule has 1 heterocycles. The minimum absolute atomic E-state index is 0.246. The highest BCUT2D eigenvalue weighted by Gasteiger charge is 2.07. The lowest BCUT2D eigenvalue weighted by atomic mass is 10.1. The number of para-hydroxylation sites is 2. The van der Waals surface area contributed by atoms with Crippen molar-refractivity contribution in [1.29, 1.82) is 0 Å².